The fraction of sp³-hybridized carbons (Fsp3) is 0.500. The lowest BCUT2D eigenvalue weighted by atomic mass is 9.95. The summed E-state index contributed by atoms with van der Waals surface area (Å²) in [6, 6.07) is 4.64. The van der Waals surface area contributed by atoms with Crippen molar-refractivity contribution in [3.63, 3.8) is 0 Å². The van der Waals surface area contributed by atoms with Crippen LogP contribution in [0.15, 0.2) is 18.2 Å². The van der Waals surface area contributed by atoms with E-state index in [1.54, 1.807) is 19.2 Å². The third-order valence-electron chi connectivity index (χ3n) is 3.47. The molecular formula is C16H20FNO2. The van der Waals surface area contributed by atoms with Gasteiger partial charge in [0.15, 0.2) is 11.6 Å². The van der Waals surface area contributed by atoms with E-state index in [0.717, 1.165) is 25.7 Å². The van der Waals surface area contributed by atoms with Crippen molar-refractivity contribution in [2.45, 2.75) is 37.9 Å². The number of hydrogen-bond acceptors (Lipinski definition) is 3. The molecule has 1 aromatic rings. The smallest absolute Gasteiger partial charge is 0.165 e. The van der Waals surface area contributed by atoms with Crippen LogP contribution in [0.25, 0.3) is 0 Å². The number of halogens is 1. The van der Waals surface area contributed by atoms with E-state index in [1.807, 2.05) is 0 Å². The second-order valence-corrected chi connectivity index (χ2v) is 4.92. The van der Waals surface area contributed by atoms with Gasteiger partial charge in [0.1, 0.15) is 6.10 Å². The Morgan fingerprint density at radius 3 is 2.90 bits per heavy atom. The Morgan fingerprint density at radius 2 is 2.15 bits per heavy atom. The molecule has 0 aliphatic heterocycles. The molecule has 0 heterocycles. The molecule has 2 N–H and O–H groups in total. The molecule has 2 atom stereocenters. The molecule has 0 bridgehead atoms. The van der Waals surface area contributed by atoms with Crippen molar-refractivity contribution < 1.29 is 13.9 Å². The Kier molecular flexibility index (Phi) is 5.40. The van der Waals surface area contributed by atoms with Gasteiger partial charge in [-0.3, -0.25) is 0 Å². The summed E-state index contributed by atoms with van der Waals surface area (Å²) in [6.45, 7) is 0.283. The number of hydrogen-bond donors (Lipinski definition) is 1. The van der Waals surface area contributed by atoms with Gasteiger partial charge in [-0.2, -0.15) is 0 Å². The highest BCUT2D eigenvalue weighted by molar-refractivity contribution is 5.40. The highest BCUT2D eigenvalue weighted by Gasteiger charge is 2.23. The summed E-state index contributed by atoms with van der Waals surface area (Å²) in [7, 11) is 1.71. The Balaban J connectivity index is 2.07. The van der Waals surface area contributed by atoms with Crippen LogP contribution < -0.4 is 10.5 Å². The zero-order valence-corrected chi connectivity index (χ0v) is 11.7. The van der Waals surface area contributed by atoms with E-state index < -0.39 is 0 Å². The molecular weight excluding hydrogens is 257 g/mol. The molecule has 1 fully saturated rings. The number of methoxy groups -OCH3 is 1. The fourth-order valence-electron chi connectivity index (χ4n) is 2.43. The van der Waals surface area contributed by atoms with E-state index in [1.165, 1.54) is 6.07 Å². The zero-order chi connectivity index (χ0) is 14.4. The van der Waals surface area contributed by atoms with Crippen molar-refractivity contribution in [3.8, 4) is 17.6 Å². The number of benzene rings is 1. The molecule has 0 spiro atoms. The second kappa shape index (κ2) is 7.28. The van der Waals surface area contributed by atoms with Gasteiger partial charge >= 0.3 is 0 Å². The number of rotatable bonds is 3. The minimum atomic E-state index is -0.358. The van der Waals surface area contributed by atoms with E-state index in [0.29, 0.717) is 5.56 Å². The summed E-state index contributed by atoms with van der Waals surface area (Å²) in [6.07, 6.45) is 4.02. The molecule has 0 radical (unpaired) electrons. The maximum absolute atomic E-state index is 13.8. The molecule has 1 saturated carbocycles. The fourth-order valence-corrected chi connectivity index (χ4v) is 2.43. The van der Waals surface area contributed by atoms with Crippen molar-refractivity contribution in [2.75, 3.05) is 13.7 Å². The van der Waals surface area contributed by atoms with E-state index in [2.05, 4.69) is 11.8 Å². The lowest BCUT2D eigenvalue weighted by Crippen LogP contribution is -2.29. The highest BCUT2D eigenvalue weighted by Crippen LogP contribution is 2.27. The molecule has 20 heavy (non-hydrogen) atoms. The maximum atomic E-state index is 13.8. The molecule has 1 aromatic carbocycles. The lowest BCUT2D eigenvalue weighted by molar-refractivity contribution is 0.0197. The van der Waals surface area contributed by atoms with Gasteiger partial charge in [0, 0.05) is 19.1 Å². The van der Waals surface area contributed by atoms with Crippen molar-refractivity contribution in [1.29, 1.82) is 0 Å². The van der Waals surface area contributed by atoms with Gasteiger partial charge in [-0.1, -0.05) is 11.8 Å². The zero-order valence-electron chi connectivity index (χ0n) is 11.7. The first-order valence-electron chi connectivity index (χ1n) is 6.91. The summed E-state index contributed by atoms with van der Waals surface area (Å²) in [5.74, 6) is 5.53. The molecule has 2 unspecified atom stereocenters. The normalized spacial score (nSPS) is 21.9. The van der Waals surface area contributed by atoms with Crippen molar-refractivity contribution >= 4 is 0 Å². The molecule has 0 aromatic heterocycles. The molecule has 108 valence electrons. The van der Waals surface area contributed by atoms with Gasteiger partial charge in [0.25, 0.3) is 0 Å². The van der Waals surface area contributed by atoms with Crippen LogP contribution in [-0.2, 0) is 4.74 Å². The number of ether oxygens (including phenoxy) is 2. The monoisotopic (exact) mass is 277 g/mol. The average Bonchev–Trinajstić information content (AvgIpc) is 2.48. The summed E-state index contributed by atoms with van der Waals surface area (Å²) in [4.78, 5) is 0. The van der Waals surface area contributed by atoms with Crippen molar-refractivity contribution in [3.05, 3.63) is 29.6 Å². The van der Waals surface area contributed by atoms with Gasteiger partial charge in [-0.25, -0.2) is 4.39 Å². The van der Waals surface area contributed by atoms with Crippen LogP contribution in [0.5, 0.6) is 5.75 Å². The first-order chi connectivity index (χ1) is 9.72. The van der Waals surface area contributed by atoms with Crippen LogP contribution in [0.3, 0.4) is 0 Å². The van der Waals surface area contributed by atoms with Gasteiger partial charge in [0.2, 0.25) is 0 Å². The molecule has 3 nitrogen and oxygen atoms in total. The van der Waals surface area contributed by atoms with E-state index in [-0.39, 0.29) is 30.3 Å². The van der Waals surface area contributed by atoms with Crippen LogP contribution in [-0.4, -0.2) is 25.9 Å². The maximum Gasteiger partial charge on any atom is 0.165 e. The average molecular weight is 277 g/mol. The SMILES string of the molecule is COC1CCCC(Oc2cc(C#CCN)ccc2F)C1. The molecule has 1 aliphatic rings. The largest absolute Gasteiger partial charge is 0.487 e. The topological polar surface area (TPSA) is 44.5 Å². The summed E-state index contributed by atoms with van der Waals surface area (Å²) < 4.78 is 24.9. The van der Waals surface area contributed by atoms with Crippen molar-refractivity contribution in [2.24, 2.45) is 5.73 Å². The van der Waals surface area contributed by atoms with Crippen LogP contribution in [0.1, 0.15) is 31.2 Å². The third-order valence-corrected chi connectivity index (χ3v) is 3.47. The minimum Gasteiger partial charge on any atom is -0.487 e. The quantitative estimate of drug-likeness (QED) is 0.863. The van der Waals surface area contributed by atoms with E-state index >= 15 is 0 Å². The highest BCUT2D eigenvalue weighted by atomic mass is 19.1. The lowest BCUT2D eigenvalue weighted by Gasteiger charge is -2.28. The van der Waals surface area contributed by atoms with Crippen LogP contribution in [0.4, 0.5) is 4.39 Å². The van der Waals surface area contributed by atoms with Crippen LogP contribution >= 0.6 is 0 Å². The molecule has 0 amide bonds. The molecule has 2 rings (SSSR count). The molecule has 0 saturated heterocycles. The standard InChI is InChI=1S/C16H20FNO2/c1-19-13-5-2-6-14(11-13)20-16-10-12(4-3-9-18)7-8-15(16)17/h7-8,10,13-14H,2,5-6,9,11,18H2,1H3. The Morgan fingerprint density at radius 1 is 1.35 bits per heavy atom. The molecule has 1 aliphatic carbocycles. The second-order valence-electron chi connectivity index (χ2n) is 4.92. The van der Waals surface area contributed by atoms with E-state index in [9.17, 15) is 4.39 Å². The predicted octanol–water partition coefficient (Wildman–Crippen LogP) is 2.47. The predicted molar refractivity (Wildman–Crippen MR) is 76.0 cm³/mol. The van der Waals surface area contributed by atoms with E-state index in [4.69, 9.17) is 15.2 Å². The van der Waals surface area contributed by atoms with Gasteiger partial charge in [0.05, 0.1) is 12.6 Å². The van der Waals surface area contributed by atoms with Gasteiger partial charge in [-0.15, -0.1) is 0 Å². The summed E-state index contributed by atoms with van der Waals surface area (Å²) >= 11 is 0. The Labute approximate surface area is 119 Å². The number of nitrogens with two attached hydrogens (primary N) is 1. The van der Waals surface area contributed by atoms with Gasteiger partial charge < -0.3 is 15.2 Å². The Hall–Kier alpha value is -1.57. The Bertz CT molecular complexity index is 507. The summed E-state index contributed by atoms with van der Waals surface area (Å²) in [5.41, 5.74) is 6.05. The molecule has 4 heteroatoms. The van der Waals surface area contributed by atoms with Gasteiger partial charge in [-0.05, 0) is 37.5 Å². The van der Waals surface area contributed by atoms with Crippen LogP contribution in [0.2, 0.25) is 0 Å². The third kappa shape index (κ3) is 3.96. The van der Waals surface area contributed by atoms with Crippen LogP contribution in [0, 0.1) is 17.7 Å². The first kappa shape index (κ1) is 14.8. The first-order valence-corrected chi connectivity index (χ1v) is 6.91. The minimum absolute atomic E-state index is 0.000850. The van der Waals surface area contributed by atoms with Crippen molar-refractivity contribution in [1.82, 2.24) is 0 Å². The summed E-state index contributed by atoms with van der Waals surface area (Å²) in [5, 5.41) is 0.